The summed E-state index contributed by atoms with van der Waals surface area (Å²) in [5.74, 6) is -1.78. The highest BCUT2D eigenvalue weighted by molar-refractivity contribution is 6.00. The molecule has 0 unspecified atom stereocenters. The Kier molecular flexibility index (Phi) is 6.11. The van der Waals surface area contributed by atoms with Crippen molar-refractivity contribution in [2.24, 2.45) is 0 Å². The maximum Gasteiger partial charge on any atom is 0.416 e. The minimum Gasteiger partial charge on any atom is -0.343 e. The normalized spacial score (nSPS) is 10.9. The fourth-order valence-corrected chi connectivity index (χ4v) is 2.15. The minimum atomic E-state index is -4.53. The number of rotatable bonds is 6. The van der Waals surface area contributed by atoms with E-state index in [2.05, 4.69) is 10.6 Å². The van der Waals surface area contributed by atoms with E-state index in [9.17, 15) is 43.0 Å². The number of nitrogens with zero attached hydrogens (tertiary/aromatic N) is 2. The molecule has 2 amide bonds. The highest BCUT2D eigenvalue weighted by Gasteiger charge is 2.30. The summed E-state index contributed by atoms with van der Waals surface area (Å²) in [7, 11) is 0. The van der Waals surface area contributed by atoms with Crippen molar-refractivity contribution in [3.63, 3.8) is 0 Å². The summed E-state index contributed by atoms with van der Waals surface area (Å²) >= 11 is 0. The third-order valence-corrected chi connectivity index (χ3v) is 3.49. The number of carbonyl (C=O) groups excluding carboxylic acids is 2. The molecule has 0 aliphatic carbocycles. The number of hydrogen-bond donors (Lipinski definition) is 2. The van der Waals surface area contributed by atoms with Gasteiger partial charge in [-0.05, 0) is 24.3 Å². The minimum absolute atomic E-state index is 0.0447. The van der Waals surface area contributed by atoms with Gasteiger partial charge in [-0.2, -0.15) is 13.2 Å². The van der Waals surface area contributed by atoms with Gasteiger partial charge in [0.15, 0.2) is 0 Å². The summed E-state index contributed by atoms with van der Waals surface area (Å²) in [6.07, 6.45) is -4.53. The Morgan fingerprint density at radius 1 is 0.931 bits per heavy atom. The number of nitro benzene ring substituents is 2. The van der Waals surface area contributed by atoms with E-state index < -0.39 is 56.9 Å². The van der Waals surface area contributed by atoms with Crippen LogP contribution in [-0.4, -0.2) is 28.2 Å². The molecule has 0 aromatic heterocycles. The van der Waals surface area contributed by atoms with E-state index in [1.807, 2.05) is 0 Å². The first kappa shape index (κ1) is 21.3. The number of non-ortho nitro benzene ring substituents is 2. The summed E-state index contributed by atoms with van der Waals surface area (Å²) in [5.41, 5.74) is -2.63. The third-order valence-electron chi connectivity index (χ3n) is 3.49. The molecule has 0 saturated heterocycles. The second-order valence-corrected chi connectivity index (χ2v) is 5.56. The molecule has 152 valence electrons. The smallest absolute Gasteiger partial charge is 0.343 e. The van der Waals surface area contributed by atoms with Crippen molar-refractivity contribution < 1.29 is 32.6 Å². The van der Waals surface area contributed by atoms with Crippen LogP contribution in [-0.2, 0) is 11.0 Å². The number of halogens is 3. The van der Waals surface area contributed by atoms with Gasteiger partial charge in [-0.25, -0.2) is 0 Å². The number of alkyl halides is 3. The first-order chi connectivity index (χ1) is 13.5. The summed E-state index contributed by atoms with van der Waals surface area (Å²) < 4.78 is 37.5. The number of amides is 2. The Labute approximate surface area is 159 Å². The van der Waals surface area contributed by atoms with Gasteiger partial charge in [-0.3, -0.25) is 29.8 Å². The molecule has 0 spiro atoms. The lowest BCUT2D eigenvalue weighted by Gasteiger charge is -2.09. The predicted molar refractivity (Wildman–Crippen MR) is 92.2 cm³/mol. The Bertz CT molecular complexity index is 943. The predicted octanol–water partition coefficient (Wildman–Crippen LogP) is 2.89. The Morgan fingerprint density at radius 2 is 1.45 bits per heavy atom. The number of benzene rings is 2. The SMILES string of the molecule is O=C(CNC(=O)c1cc([N+](=O)[O-])cc([N+](=O)[O-])c1)Nc1ccc(C(F)(F)F)cc1. The Balaban J connectivity index is 2.02. The average molecular weight is 412 g/mol. The molecule has 2 N–H and O–H groups in total. The highest BCUT2D eigenvalue weighted by atomic mass is 19.4. The van der Waals surface area contributed by atoms with Crippen molar-refractivity contribution in [3.8, 4) is 0 Å². The van der Waals surface area contributed by atoms with Gasteiger partial charge in [-0.15, -0.1) is 0 Å². The van der Waals surface area contributed by atoms with Crippen LogP contribution < -0.4 is 10.6 Å². The maximum absolute atomic E-state index is 12.5. The number of carbonyl (C=O) groups is 2. The van der Waals surface area contributed by atoms with Gasteiger partial charge in [0.25, 0.3) is 17.3 Å². The number of hydrogen-bond acceptors (Lipinski definition) is 6. The number of nitrogens with one attached hydrogen (secondary N) is 2. The van der Waals surface area contributed by atoms with Crippen LogP contribution in [0, 0.1) is 20.2 Å². The van der Waals surface area contributed by atoms with Gasteiger partial charge in [0, 0.05) is 17.8 Å². The molecule has 0 radical (unpaired) electrons. The van der Waals surface area contributed by atoms with Gasteiger partial charge in [0.2, 0.25) is 5.91 Å². The zero-order chi connectivity index (χ0) is 21.8. The van der Waals surface area contributed by atoms with Gasteiger partial charge >= 0.3 is 6.18 Å². The van der Waals surface area contributed by atoms with Gasteiger partial charge in [0.05, 0.1) is 33.6 Å². The molecule has 2 aromatic carbocycles. The Morgan fingerprint density at radius 3 is 1.90 bits per heavy atom. The quantitative estimate of drug-likeness (QED) is 0.551. The fourth-order valence-electron chi connectivity index (χ4n) is 2.15. The molecule has 0 fully saturated rings. The van der Waals surface area contributed by atoms with Crippen LogP contribution in [0.4, 0.5) is 30.2 Å². The molecule has 0 saturated carbocycles. The average Bonchev–Trinajstić information content (AvgIpc) is 2.65. The zero-order valence-electron chi connectivity index (χ0n) is 14.2. The molecule has 13 heteroatoms. The molecule has 0 heterocycles. The van der Waals surface area contributed by atoms with Crippen LogP contribution in [0.25, 0.3) is 0 Å². The molecule has 0 aliphatic rings. The topological polar surface area (TPSA) is 144 Å². The Hall–Kier alpha value is -4.03. The first-order valence-corrected chi connectivity index (χ1v) is 7.66. The van der Waals surface area contributed by atoms with E-state index in [0.717, 1.165) is 36.4 Å². The van der Waals surface area contributed by atoms with Crippen molar-refractivity contribution in [2.45, 2.75) is 6.18 Å². The van der Waals surface area contributed by atoms with Crippen LogP contribution in [0.5, 0.6) is 0 Å². The third kappa shape index (κ3) is 5.72. The van der Waals surface area contributed by atoms with Crippen LogP contribution >= 0.6 is 0 Å². The number of anilines is 1. The fraction of sp³-hybridized carbons (Fsp3) is 0.125. The van der Waals surface area contributed by atoms with Gasteiger partial charge < -0.3 is 10.6 Å². The van der Waals surface area contributed by atoms with E-state index in [-0.39, 0.29) is 5.69 Å². The largest absolute Gasteiger partial charge is 0.416 e. The molecular formula is C16H11F3N4O6. The van der Waals surface area contributed by atoms with Crippen LogP contribution in [0.2, 0.25) is 0 Å². The van der Waals surface area contributed by atoms with Gasteiger partial charge in [-0.1, -0.05) is 0 Å². The van der Waals surface area contributed by atoms with Crippen LogP contribution in [0.15, 0.2) is 42.5 Å². The van der Waals surface area contributed by atoms with Gasteiger partial charge in [0.1, 0.15) is 0 Å². The van der Waals surface area contributed by atoms with E-state index in [1.165, 1.54) is 0 Å². The molecule has 29 heavy (non-hydrogen) atoms. The maximum atomic E-state index is 12.5. The van der Waals surface area contributed by atoms with E-state index >= 15 is 0 Å². The van der Waals surface area contributed by atoms with Crippen LogP contribution in [0.1, 0.15) is 15.9 Å². The summed E-state index contributed by atoms with van der Waals surface area (Å²) in [5, 5.41) is 26.0. The van der Waals surface area contributed by atoms with E-state index in [4.69, 9.17) is 0 Å². The van der Waals surface area contributed by atoms with Crippen molar-refractivity contribution in [2.75, 3.05) is 11.9 Å². The van der Waals surface area contributed by atoms with E-state index in [1.54, 1.807) is 0 Å². The van der Waals surface area contributed by atoms with Crippen LogP contribution in [0.3, 0.4) is 0 Å². The number of nitro groups is 2. The van der Waals surface area contributed by atoms with Crippen molar-refractivity contribution in [1.29, 1.82) is 0 Å². The van der Waals surface area contributed by atoms with Crippen molar-refractivity contribution in [1.82, 2.24) is 5.32 Å². The molecule has 0 atom stereocenters. The molecule has 2 rings (SSSR count). The second-order valence-electron chi connectivity index (χ2n) is 5.56. The standard InChI is InChI=1S/C16H11F3N4O6/c17-16(18,19)10-1-3-11(4-2-10)21-14(24)8-20-15(25)9-5-12(22(26)27)7-13(6-9)23(28)29/h1-7H,8H2,(H,20,25)(H,21,24). The zero-order valence-corrected chi connectivity index (χ0v) is 14.2. The lowest BCUT2D eigenvalue weighted by Crippen LogP contribution is -2.32. The molecule has 10 nitrogen and oxygen atoms in total. The van der Waals surface area contributed by atoms with E-state index in [0.29, 0.717) is 6.07 Å². The second kappa shape index (κ2) is 8.33. The molecular weight excluding hydrogens is 401 g/mol. The van der Waals surface area contributed by atoms with Crippen molar-refractivity contribution in [3.05, 3.63) is 73.8 Å². The molecule has 0 aliphatic heterocycles. The van der Waals surface area contributed by atoms with Crippen molar-refractivity contribution >= 4 is 28.9 Å². The molecule has 0 bridgehead atoms. The lowest BCUT2D eigenvalue weighted by molar-refractivity contribution is -0.394. The molecule has 2 aromatic rings. The summed E-state index contributed by atoms with van der Waals surface area (Å²) in [4.78, 5) is 43.7. The summed E-state index contributed by atoms with van der Waals surface area (Å²) in [6, 6.07) is 5.84. The highest BCUT2D eigenvalue weighted by Crippen LogP contribution is 2.29. The lowest BCUT2D eigenvalue weighted by atomic mass is 10.1. The summed E-state index contributed by atoms with van der Waals surface area (Å²) in [6.45, 7) is -0.629. The first-order valence-electron chi connectivity index (χ1n) is 7.66. The monoisotopic (exact) mass is 412 g/mol.